The quantitative estimate of drug-likeness (QED) is 0.442. The molecule has 5 rings (SSSR count). The van der Waals surface area contributed by atoms with Gasteiger partial charge in [0.25, 0.3) is 0 Å². The molecule has 2 aromatic rings. The second kappa shape index (κ2) is 12.9. The maximum Gasteiger partial charge on any atom is 0.410 e. The number of ether oxygens (including phenoxy) is 1. The lowest BCUT2D eigenvalue weighted by molar-refractivity contribution is 0.0602. The zero-order valence-electron chi connectivity index (χ0n) is 22.6. The minimum Gasteiger partial charge on any atom is -0.445 e. The molecule has 1 heterocycles. The average Bonchev–Trinajstić information content (AvgIpc) is 3.60. The molecule has 0 bridgehead atoms. The van der Waals surface area contributed by atoms with Crippen molar-refractivity contribution in [3.05, 3.63) is 71.8 Å². The Kier molecular flexibility index (Phi) is 9.17. The number of nitrogens with one attached hydrogen (secondary N) is 1. The maximum absolute atomic E-state index is 12.9. The highest BCUT2D eigenvalue weighted by Gasteiger charge is 2.38. The van der Waals surface area contributed by atoms with E-state index in [9.17, 15) is 4.79 Å². The van der Waals surface area contributed by atoms with Gasteiger partial charge in [0.1, 0.15) is 6.61 Å². The molecule has 3 fully saturated rings. The largest absolute Gasteiger partial charge is 0.445 e. The second-order valence-electron chi connectivity index (χ2n) is 11.5. The average molecular weight is 504 g/mol. The van der Waals surface area contributed by atoms with E-state index in [0.29, 0.717) is 31.0 Å². The fourth-order valence-electron chi connectivity index (χ4n) is 7.08. The highest BCUT2D eigenvalue weighted by Crippen LogP contribution is 2.41. The molecule has 0 spiro atoms. The molecule has 1 amide bonds. The van der Waals surface area contributed by atoms with E-state index in [1.54, 1.807) is 0 Å². The van der Waals surface area contributed by atoms with Crippen LogP contribution in [0.25, 0.3) is 0 Å². The van der Waals surface area contributed by atoms with Gasteiger partial charge in [0.2, 0.25) is 0 Å². The summed E-state index contributed by atoms with van der Waals surface area (Å²) in [4.78, 5) is 17.5. The molecule has 5 heteroatoms. The predicted octanol–water partition coefficient (Wildman–Crippen LogP) is 6.20. The van der Waals surface area contributed by atoms with Gasteiger partial charge in [-0.15, -0.1) is 0 Å². The van der Waals surface area contributed by atoms with Gasteiger partial charge in [-0.1, -0.05) is 73.5 Å². The van der Waals surface area contributed by atoms with Crippen LogP contribution in [-0.4, -0.2) is 60.2 Å². The van der Waals surface area contributed by atoms with Crippen molar-refractivity contribution in [1.82, 2.24) is 15.1 Å². The van der Waals surface area contributed by atoms with E-state index in [4.69, 9.17) is 4.74 Å². The highest BCUT2D eigenvalue weighted by molar-refractivity contribution is 5.68. The van der Waals surface area contributed by atoms with E-state index in [0.717, 1.165) is 37.5 Å². The first kappa shape index (κ1) is 26.2. The molecule has 1 N–H and O–H groups in total. The van der Waals surface area contributed by atoms with Crippen LogP contribution in [0.4, 0.5) is 4.79 Å². The van der Waals surface area contributed by atoms with Gasteiger partial charge in [0.05, 0.1) is 0 Å². The number of likely N-dealkylation sites (tertiary alicyclic amines) is 1. The summed E-state index contributed by atoms with van der Waals surface area (Å²) in [7, 11) is 0. The van der Waals surface area contributed by atoms with Gasteiger partial charge in [0, 0.05) is 44.3 Å². The first-order valence-electron chi connectivity index (χ1n) is 14.7. The Morgan fingerprint density at radius 2 is 1.59 bits per heavy atom. The fraction of sp³-hybridized carbons (Fsp3) is 0.594. The van der Waals surface area contributed by atoms with Gasteiger partial charge >= 0.3 is 6.09 Å². The van der Waals surface area contributed by atoms with Crippen molar-refractivity contribution >= 4 is 6.09 Å². The molecule has 2 aromatic carbocycles. The molecule has 2 unspecified atom stereocenters. The molecular weight excluding hydrogens is 458 g/mol. The molecule has 5 nitrogen and oxygen atoms in total. The number of rotatable bonds is 9. The van der Waals surface area contributed by atoms with E-state index in [2.05, 4.69) is 47.5 Å². The van der Waals surface area contributed by atoms with Gasteiger partial charge in [-0.05, 0) is 68.4 Å². The van der Waals surface area contributed by atoms with Gasteiger partial charge < -0.3 is 19.9 Å². The van der Waals surface area contributed by atoms with Crippen molar-refractivity contribution < 1.29 is 9.53 Å². The molecule has 200 valence electrons. The van der Waals surface area contributed by atoms with Crippen LogP contribution in [-0.2, 0) is 11.3 Å². The van der Waals surface area contributed by atoms with E-state index in [-0.39, 0.29) is 12.1 Å². The fourth-order valence-corrected chi connectivity index (χ4v) is 7.08. The minimum atomic E-state index is -0.175. The van der Waals surface area contributed by atoms with Crippen LogP contribution in [0.1, 0.15) is 75.3 Å². The van der Waals surface area contributed by atoms with E-state index in [1.165, 1.54) is 50.6 Å². The molecule has 37 heavy (non-hydrogen) atoms. The number of amides is 1. The third kappa shape index (κ3) is 6.94. The topological polar surface area (TPSA) is 44.8 Å². The maximum atomic E-state index is 12.9. The SMILES string of the molecule is CCN(C(=O)OCc1ccccc1)C1CCN(C[C@H]2CC(NC3CCCC3)CC2c2ccccc2)CC1. The summed E-state index contributed by atoms with van der Waals surface area (Å²) in [6.45, 7) is 6.40. The summed E-state index contributed by atoms with van der Waals surface area (Å²) in [6.07, 6.45) is 9.91. The number of hydrogen-bond acceptors (Lipinski definition) is 4. The molecular formula is C32H45N3O2. The lowest BCUT2D eigenvalue weighted by Gasteiger charge is -2.39. The third-order valence-electron chi connectivity index (χ3n) is 9.02. The first-order valence-corrected chi connectivity index (χ1v) is 14.7. The summed E-state index contributed by atoms with van der Waals surface area (Å²) in [5.41, 5.74) is 2.54. The van der Waals surface area contributed by atoms with Crippen molar-refractivity contribution in [2.45, 2.75) is 88.9 Å². The first-order chi connectivity index (χ1) is 18.2. The summed E-state index contributed by atoms with van der Waals surface area (Å²) < 4.78 is 5.66. The Hall–Kier alpha value is -2.37. The highest BCUT2D eigenvalue weighted by atomic mass is 16.6. The Balaban J connectivity index is 1.14. The van der Waals surface area contributed by atoms with Crippen molar-refractivity contribution in [3.8, 4) is 0 Å². The van der Waals surface area contributed by atoms with Crippen molar-refractivity contribution in [2.75, 3.05) is 26.2 Å². The number of piperidine rings is 1. The molecule has 3 aliphatic rings. The minimum absolute atomic E-state index is 0.175. The molecule has 1 saturated heterocycles. The molecule has 2 aliphatic carbocycles. The number of hydrogen-bond donors (Lipinski definition) is 1. The summed E-state index contributed by atoms with van der Waals surface area (Å²) in [5, 5.41) is 4.03. The smallest absolute Gasteiger partial charge is 0.410 e. The van der Waals surface area contributed by atoms with E-state index >= 15 is 0 Å². The molecule has 1 aliphatic heterocycles. The third-order valence-corrected chi connectivity index (χ3v) is 9.02. The Morgan fingerprint density at radius 1 is 0.919 bits per heavy atom. The van der Waals surface area contributed by atoms with Crippen molar-refractivity contribution in [2.24, 2.45) is 5.92 Å². The zero-order chi connectivity index (χ0) is 25.5. The standard InChI is InChI=1S/C32H45N3O2/c1-2-35(32(36)37-24-25-11-5-3-6-12-25)30-17-19-34(20-18-30)23-27-21-29(33-28-15-9-10-16-28)22-31(27)26-13-7-4-8-14-26/h3-8,11-14,27-31,33H,2,9-10,15-24H2,1H3/t27-,29?,31?/m1/s1. The lowest BCUT2D eigenvalue weighted by atomic mass is 9.88. The van der Waals surface area contributed by atoms with E-state index in [1.807, 2.05) is 35.2 Å². The summed E-state index contributed by atoms with van der Waals surface area (Å²) >= 11 is 0. The van der Waals surface area contributed by atoms with Gasteiger partial charge in [-0.25, -0.2) is 4.79 Å². The van der Waals surface area contributed by atoms with Crippen molar-refractivity contribution in [1.29, 1.82) is 0 Å². The van der Waals surface area contributed by atoms with Gasteiger partial charge in [0.15, 0.2) is 0 Å². The molecule has 3 atom stereocenters. The monoisotopic (exact) mass is 503 g/mol. The lowest BCUT2D eigenvalue weighted by Crippen LogP contribution is -2.48. The molecule has 2 saturated carbocycles. The van der Waals surface area contributed by atoms with Crippen LogP contribution < -0.4 is 5.32 Å². The van der Waals surface area contributed by atoms with E-state index < -0.39 is 0 Å². The van der Waals surface area contributed by atoms with Gasteiger partial charge in [-0.3, -0.25) is 0 Å². The Bertz CT molecular complexity index is 955. The number of carbonyl (C=O) groups is 1. The Morgan fingerprint density at radius 3 is 2.27 bits per heavy atom. The van der Waals surface area contributed by atoms with Crippen LogP contribution in [0.3, 0.4) is 0 Å². The summed E-state index contributed by atoms with van der Waals surface area (Å²) in [5.74, 6) is 1.33. The van der Waals surface area contributed by atoms with Gasteiger partial charge in [-0.2, -0.15) is 0 Å². The second-order valence-corrected chi connectivity index (χ2v) is 11.5. The van der Waals surface area contributed by atoms with Crippen LogP contribution in [0.2, 0.25) is 0 Å². The van der Waals surface area contributed by atoms with Crippen LogP contribution in [0, 0.1) is 5.92 Å². The summed E-state index contributed by atoms with van der Waals surface area (Å²) in [6, 6.07) is 22.8. The van der Waals surface area contributed by atoms with Crippen LogP contribution >= 0.6 is 0 Å². The number of benzene rings is 2. The number of nitrogens with zero attached hydrogens (tertiary/aromatic N) is 2. The zero-order valence-corrected chi connectivity index (χ0v) is 22.6. The van der Waals surface area contributed by atoms with Crippen molar-refractivity contribution in [3.63, 3.8) is 0 Å². The molecule has 0 aromatic heterocycles. The number of carbonyl (C=O) groups excluding carboxylic acids is 1. The van der Waals surface area contributed by atoms with Crippen LogP contribution in [0.15, 0.2) is 60.7 Å². The Labute approximate surface area is 223 Å². The molecule has 0 radical (unpaired) electrons. The normalized spacial score (nSPS) is 25.4. The van der Waals surface area contributed by atoms with Crippen LogP contribution in [0.5, 0.6) is 0 Å². The predicted molar refractivity (Wildman–Crippen MR) is 150 cm³/mol.